The molecule has 1 aromatic rings. The molecule has 0 aromatic carbocycles. The first-order valence-electron chi connectivity index (χ1n) is 6.12. The van der Waals surface area contributed by atoms with Crippen molar-refractivity contribution in [2.45, 2.75) is 42.9 Å². The van der Waals surface area contributed by atoms with Crippen LogP contribution < -0.4 is 10.0 Å². The maximum Gasteiger partial charge on any atom is 0.250 e. The van der Waals surface area contributed by atoms with Gasteiger partial charge in [0.1, 0.15) is 4.21 Å². The maximum absolute atomic E-state index is 12.2. The van der Waals surface area contributed by atoms with Gasteiger partial charge in [0.15, 0.2) is 0 Å². The summed E-state index contributed by atoms with van der Waals surface area (Å²) in [4.78, 5) is 1.09. The number of thiophene rings is 1. The second-order valence-electron chi connectivity index (χ2n) is 5.68. The molecule has 0 bridgehead atoms. The molecule has 1 unspecified atom stereocenters. The van der Waals surface area contributed by atoms with E-state index in [2.05, 4.69) is 30.8 Å². The molecule has 1 aromatic heterocycles. The molecule has 0 radical (unpaired) electrons. The number of halogens is 1. The summed E-state index contributed by atoms with van der Waals surface area (Å²) in [7, 11) is -3.35. The highest BCUT2D eigenvalue weighted by Gasteiger charge is 2.25. The van der Waals surface area contributed by atoms with Crippen LogP contribution in [0, 0.1) is 0 Å². The Kier molecular flexibility index (Phi) is 5.43. The molecule has 7 heteroatoms. The van der Waals surface area contributed by atoms with Gasteiger partial charge in [-0.1, -0.05) is 20.8 Å². The van der Waals surface area contributed by atoms with Crippen LogP contribution in [0.15, 0.2) is 16.3 Å². The number of nitrogens with one attached hydrogen (secondary N) is 2. The minimum atomic E-state index is -3.35. The molecule has 0 spiro atoms. The fraction of sp³-hybridized carbons (Fsp3) is 0.667. The summed E-state index contributed by atoms with van der Waals surface area (Å²) in [6, 6.07) is 3.64. The topological polar surface area (TPSA) is 58.2 Å². The summed E-state index contributed by atoms with van der Waals surface area (Å²) >= 11 is 1.36. The first-order valence-corrected chi connectivity index (χ1v) is 8.42. The Morgan fingerprint density at radius 2 is 2.05 bits per heavy atom. The highest BCUT2D eigenvalue weighted by Crippen LogP contribution is 2.31. The predicted octanol–water partition coefficient (Wildman–Crippen LogP) is 2.11. The zero-order valence-corrected chi connectivity index (χ0v) is 13.8. The second kappa shape index (κ2) is 6.10. The minimum absolute atomic E-state index is 0. The lowest BCUT2D eigenvalue weighted by atomic mass is 9.95. The summed E-state index contributed by atoms with van der Waals surface area (Å²) in [5, 5.41) is 3.15. The van der Waals surface area contributed by atoms with Crippen molar-refractivity contribution in [2.75, 3.05) is 13.1 Å². The van der Waals surface area contributed by atoms with Gasteiger partial charge in [-0.15, -0.1) is 23.7 Å². The fourth-order valence-corrected chi connectivity index (χ4v) is 4.55. The quantitative estimate of drug-likeness (QED) is 0.895. The van der Waals surface area contributed by atoms with E-state index in [-0.39, 0.29) is 23.9 Å². The van der Waals surface area contributed by atoms with E-state index in [0.29, 0.717) is 4.21 Å². The Labute approximate surface area is 125 Å². The summed E-state index contributed by atoms with van der Waals surface area (Å²) in [5.74, 6) is 0. The first kappa shape index (κ1) is 16.9. The van der Waals surface area contributed by atoms with Crippen molar-refractivity contribution in [3.05, 3.63) is 17.0 Å². The van der Waals surface area contributed by atoms with Crippen LogP contribution in [0.1, 0.15) is 32.1 Å². The number of hydrogen-bond acceptors (Lipinski definition) is 4. The van der Waals surface area contributed by atoms with E-state index in [1.165, 1.54) is 11.3 Å². The van der Waals surface area contributed by atoms with E-state index >= 15 is 0 Å². The Morgan fingerprint density at radius 1 is 1.37 bits per heavy atom. The standard InChI is InChI=1S/C12H20N2O2S2.ClH/c1-12(2,3)10-4-5-11(17-10)18(15,16)14-9-6-7-13-8-9;/h4-5,9,13-14H,6-8H2,1-3H3;1H. The molecule has 4 nitrogen and oxygen atoms in total. The minimum Gasteiger partial charge on any atom is -0.315 e. The fourth-order valence-electron chi connectivity index (χ4n) is 1.90. The van der Waals surface area contributed by atoms with Gasteiger partial charge < -0.3 is 5.32 Å². The van der Waals surface area contributed by atoms with Crippen molar-refractivity contribution in [1.29, 1.82) is 0 Å². The summed E-state index contributed by atoms with van der Waals surface area (Å²) in [5.41, 5.74) is -0.00660. The first-order chi connectivity index (χ1) is 8.29. The molecule has 1 aliphatic rings. The lowest BCUT2D eigenvalue weighted by molar-refractivity contribution is 0.562. The smallest absolute Gasteiger partial charge is 0.250 e. The van der Waals surface area contributed by atoms with Gasteiger partial charge in [-0.05, 0) is 30.5 Å². The molecule has 0 saturated carbocycles. The largest absolute Gasteiger partial charge is 0.315 e. The van der Waals surface area contributed by atoms with E-state index in [9.17, 15) is 8.42 Å². The van der Waals surface area contributed by atoms with E-state index < -0.39 is 10.0 Å². The third kappa shape index (κ3) is 4.16. The maximum atomic E-state index is 12.2. The van der Waals surface area contributed by atoms with Crippen LogP contribution in [-0.2, 0) is 15.4 Å². The molecular formula is C12H21ClN2O2S2. The van der Waals surface area contributed by atoms with Crippen LogP contribution >= 0.6 is 23.7 Å². The second-order valence-corrected chi connectivity index (χ2v) is 8.70. The highest BCUT2D eigenvalue weighted by atomic mass is 35.5. The number of hydrogen-bond donors (Lipinski definition) is 2. The van der Waals surface area contributed by atoms with E-state index in [4.69, 9.17) is 0 Å². The van der Waals surface area contributed by atoms with Crippen molar-refractivity contribution in [2.24, 2.45) is 0 Å². The summed E-state index contributed by atoms with van der Waals surface area (Å²) < 4.78 is 27.6. The number of sulfonamides is 1. The van der Waals surface area contributed by atoms with Crippen molar-refractivity contribution >= 4 is 33.8 Å². The van der Waals surface area contributed by atoms with Crippen molar-refractivity contribution < 1.29 is 8.42 Å². The molecular weight excluding hydrogens is 304 g/mol. The van der Waals surface area contributed by atoms with Crippen LogP contribution in [0.3, 0.4) is 0 Å². The van der Waals surface area contributed by atoms with Crippen LogP contribution in [-0.4, -0.2) is 27.5 Å². The Hall–Kier alpha value is -0.140. The Morgan fingerprint density at radius 3 is 2.53 bits per heavy atom. The van der Waals surface area contributed by atoms with Gasteiger partial charge in [0.05, 0.1) is 0 Å². The van der Waals surface area contributed by atoms with Crippen LogP contribution in [0.4, 0.5) is 0 Å². The average molecular weight is 325 g/mol. The van der Waals surface area contributed by atoms with Crippen molar-refractivity contribution in [3.8, 4) is 0 Å². The molecule has 0 amide bonds. The lowest BCUT2D eigenvalue weighted by Gasteiger charge is -2.15. The van der Waals surface area contributed by atoms with Gasteiger partial charge in [-0.2, -0.15) is 0 Å². The molecule has 1 aliphatic heterocycles. The van der Waals surface area contributed by atoms with Crippen LogP contribution in [0.5, 0.6) is 0 Å². The van der Waals surface area contributed by atoms with Crippen molar-refractivity contribution in [3.63, 3.8) is 0 Å². The summed E-state index contributed by atoms with van der Waals surface area (Å²) in [6.07, 6.45) is 0.858. The normalized spacial score (nSPS) is 20.3. The molecule has 1 saturated heterocycles. The van der Waals surface area contributed by atoms with Gasteiger partial charge in [0.25, 0.3) is 0 Å². The van der Waals surface area contributed by atoms with Gasteiger partial charge >= 0.3 is 0 Å². The average Bonchev–Trinajstić information content (AvgIpc) is 2.83. The van der Waals surface area contributed by atoms with E-state index in [1.807, 2.05) is 6.07 Å². The zero-order valence-electron chi connectivity index (χ0n) is 11.4. The summed E-state index contributed by atoms with van der Waals surface area (Å²) in [6.45, 7) is 7.86. The van der Waals surface area contributed by atoms with Crippen LogP contribution in [0.2, 0.25) is 0 Å². The molecule has 19 heavy (non-hydrogen) atoms. The predicted molar refractivity (Wildman–Crippen MR) is 81.9 cm³/mol. The number of rotatable bonds is 3. The van der Waals surface area contributed by atoms with Gasteiger partial charge in [-0.3, -0.25) is 0 Å². The lowest BCUT2D eigenvalue weighted by Crippen LogP contribution is -2.35. The molecule has 1 fully saturated rings. The Balaban J connectivity index is 0.00000180. The van der Waals surface area contributed by atoms with E-state index in [1.54, 1.807) is 6.07 Å². The van der Waals surface area contributed by atoms with Gasteiger partial charge in [0.2, 0.25) is 10.0 Å². The highest BCUT2D eigenvalue weighted by molar-refractivity contribution is 7.91. The molecule has 2 rings (SSSR count). The molecule has 0 aliphatic carbocycles. The van der Waals surface area contributed by atoms with Gasteiger partial charge in [-0.25, -0.2) is 13.1 Å². The monoisotopic (exact) mass is 324 g/mol. The molecule has 1 atom stereocenters. The SMILES string of the molecule is CC(C)(C)c1ccc(S(=O)(=O)NC2CCNC2)s1.Cl. The van der Waals surface area contributed by atoms with Crippen LogP contribution in [0.25, 0.3) is 0 Å². The molecule has 2 N–H and O–H groups in total. The van der Waals surface area contributed by atoms with Gasteiger partial charge in [0, 0.05) is 17.5 Å². The zero-order chi connectivity index (χ0) is 13.4. The van der Waals surface area contributed by atoms with E-state index in [0.717, 1.165) is 24.4 Å². The molecule has 2 heterocycles. The molecule has 110 valence electrons. The van der Waals surface area contributed by atoms with Crippen molar-refractivity contribution in [1.82, 2.24) is 10.0 Å². The third-order valence-corrected chi connectivity index (χ3v) is 6.49. The Bertz CT molecular complexity index is 514. The third-order valence-electron chi connectivity index (χ3n) is 2.97.